The molecule has 4 heteroatoms. The molecule has 0 aliphatic carbocycles. The molecule has 0 fully saturated rings. The highest BCUT2D eigenvalue weighted by atomic mass is 16.7. The topological polar surface area (TPSA) is 70.5 Å². The molecule has 4 N–H and O–H groups in total. The molecule has 28 heavy (non-hydrogen) atoms. The highest BCUT2D eigenvalue weighted by Crippen LogP contribution is 2.49. The van der Waals surface area contributed by atoms with Gasteiger partial charge >= 0.3 is 0 Å². The molecule has 2 aromatic rings. The second-order valence-electron chi connectivity index (χ2n) is 7.73. The van der Waals surface area contributed by atoms with Crippen molar-refractivity contribution in [2.45, 2.75) is 73.0 Å². The van der Waals surface area contributed by atoms with Crippen molar-refractivity contribution in [2.24, 2.45) is 5.41 Å². The molecule has 0 amide bonds. The fraction of sp³-hybridized carbons (Fsp3) is 0.500. The number of ether oxygens (including phenoxy) is 2. The number of anilines is 2. The van der Waals surface area contributed by atoms with Crippen LogP contribution >= 0.6 is 0 Å². The lowest BCUT2D eigenvalue weighted by Gasteiger charge is -2.49. The Morgan fingerprint density at radius 2 is 1.07 bits per heavy atom. The molecule has 0 aromatic heterocycles. The second kappa shape index (κ2) is 8.76. The molecular weight excluding hydrogens is 348 g/mol. The lowest BCUT2D eigenvalue weighted by Crippen LogP contribution is -2.56. The van der Waals surface area contributed by atoms with Gasteiger partial charge in [-0.15, -0.1) is 0 Å². The van der Waals surface area contributed by atoms with Gasteiger partial charge in [0, 0.05) is 11.8 Å². The molecule has 4 nitrogen and oxygen atoms in total. The molecule has 0 saturated heterocycles. The number of aryl methyl sites for hydroxylation is 2. The Morgan fingerprint density at radius 3 is 1.39 bits per heavy atom. The van der Waals surface area contributed by atoms with Gasteiger partial charge in [0.25, 0.3) is 5.79 Å². The normalized spacial score (nSPS) is 12.1. The summed E-state index contributed by atoms with van der Waals surface area (Å²) in [5.41, 5.74) is 15.8. The zero-order valence-electron chi connectivity index (χ0n) is 18.3. The average Bonchev–Trinajstić information content (AvgIpc) is 2.69. The summed E-state index contributed by atoms with van der Waals surface area (Å²) < 4.78 is 13.4. The highest BCUT2D eigenvalue weighted by Gasteiger charge is 2.52. The molecule has 0 unspecified atom stereocenters. The van der Waals surface area contributed by atoms with Crippen LogP contribution in [0.1, 0.15) is 64.5 Å². The standard InChI is InChI=1S/C24H36N2O2/c1-7-23(8-2,9-3)24(10-4,27-21-15-17(5)11-13-19(21)25)28-22-16-18(6)12-14-20(22)26/h11-16H,7-10,25-26H2,1-6H3. The maximum Gasteiger partial charge on any atom is 0.256 e. The van der Waals surface area contributed by atoms with Crippen LogP contribution in [-0.2, 0) is 0 Å². The van der Waals surface area contributed by atoms with Gasteiger partial charge in [-0.1, -0.05) is 39.8 Å². The van der Waals surface area contributed by atoms with Crippen molar-refractivity contribution in [1.82, 2.24) is 0 Å². The smallest absolute Gasteiger partial charge is 0.256 e. The number of hydrogen-bond donors (Lipinski definition) is 2. The third kappa shape index (κ3) is 4.06. The van der Waals surface area contributed by atoms with Gasteiger partial charge in [0.05, 0.1) is 11.4 Å². The van der Waals surface area contributed by atoms with Gasteiger partial charge in [-0.2, -0.15) is 0 Å². The summed E-state index contributed by atoms with van der Waals surface area (Å²) in [5.74, 6) is 0.440. The van der Waals surface area contributed by atoms with E-state index in [9.17, 15) is 0 Å². The van der Waals surface area contributed by atoms with E-state index in [1.54, 1.807) is 0 Å². The van der Waals surface area contributed by atoms with E-state index in [2.05, 4.69) is 27.7 Å². The molecule has 0 heterocycles. The fourth-order valence-electron chi connectivity index (χ4n) is 4.13. The fourth-order valence-corrected chi connectivity index (χ4v) is 4.13. The van der Waals surface area contributed by atoms with Crippen LogP contribution in [0.4, 0.5) is 11.4 Å². The molecular formula is C24H36N2O2. The van der Waals surface area contributed by atoms with Gasteiger partial charge in [0.15, 0.2) is 0 Å². The van der Waals surface area contributed by atoms with Crippen LogP contribution in [0.2, 0.25) is 0 Å². The van der Waals surface area contributed by atoms with E-state index in [4.69, 9.17) is 20.9 Å². The lowest BCUT2D eigenvalue weighted by molar-refractivity contribution is -0.210. The molecule has 0 spiro atoms. The van der Waals surface area contributed by atoms with Gasteiger partial charge in [0.2, 0.25) is 0 Å². The molecule has 154 valence electrons. The quantitative estimate of drug-likeness (QED) is 0.396. The van der Waals surface area contributed by atoms with E-state index in [0.29, 0.717) is 29.3 Å². The molecule has 0 atom stereocenters. The summed E-state index contributed by atoms with van der Waals surface area (Å²) in [5, 5.41) is 0. The first kappa shape index (κ1) is 21.9. The summed E-state index contributed by atoms with van der Waals surface area (Å²) in [4.78, 5) is 0. The molecule has 0 radical (unpaired) electrons. The van der Waals surface area contributed by atoms with Gasteiger partial charge < -0.3 is 20.9 Å². The van der Waals surface area contributed by atoms with Crippen molar-refractivity contribution < 1.29 is 9.47 Å². The average molecular weight is 385 g/mol. The summed E-state index contributed by atoms with van der Waals surface area (Å²) in [6.45, 7) is 12.8. The van der Waals surface area contributed by atoms with Gasteiger partial charge in [-0.25, -0.2) is 0 Å². The Balaban J connectivity index is 2.65. The number of nitrogen functional groups attached to an aromatic ring is 2. The van der Waals surface area contributed by atoms with Crippen LogP contribution in [0.5, 0.6) is 11.5 Å². The second-order valence-corrected chi connectivity index (χ2v) is 7.73. The van der Waals surface area contributed by atoms with Gasteiger partial charge in [0.1, 0.15) is 11.5 Å². The predicted octanol–water partition coefficient (Wildman–Crippen LogP) is 6.25. The molecule has 0 aliphatic heterocycles. The van der Waals surface area contributed by atoms with Crippen LogP contribution in [-0.4, -0.2) is 5.79 Å². The lowest BCUT2D eigenvalue weighted by atomic mass is 9.71. The molecule has 0 saturated carbocycles. The number of nitrogens with two attached hydrogens (primary N) is 2. The van der Waals surface area contributed by atoms with Crippen LogP contribution in [0.3, 0.4) is 0 Å². The Labute approximate surface area is 170 Å². The number of hydrogen-bond acceptors (Lipinski definition) is 4. The summed E-state index contributed by atoms with van der Waals surface area (Å²) >= 11 is 0. The number of benzene rings is 2. The van der Waals surface area contributed by atoms with E-state index in [1.807, 2.05) is 50.2 Å². The van der Waals surface area contributed by atoms with Crippen molar-refractivity contribution >= 4 is 11.4 Å². The van der Waals surface area contributed by atoms with Crippen LogP contribution < -0.4 is 20.9 Å². The Bertz CT molecular complexity index is 735. The third-order valence-corrected chi connectivity index (χ3v) is 6.19. The minimum Gasteiger partial charge on any atom is -0.450 e. The van der Waals surface area contributed by atoms with Crippen molar-refractivity contribution in [3.8, 4) is 11.5 Å². The molecule has 2 rings (SSSR count). The largest absolute Gasteiger partial charge is 0.450 e. The van der Waals surface area contributed by atoms with E-state index in [-0.39, 0.29) is 5.41 Å². The van der Waals surface area contributed by atoms with Crippen molar-refractivity contribution in [3.63, 3.8) is 0 Å². The predicted molar refractivity (Wildman–Crippen MR) is 119 cm³/mol. The SMILES string of the molecule is CCC(CC)(CC)C(CC)(Oc1cc(C)ccc1N)Oc1cc(C)ccc1N. The van der Waals surface area contributed by atoms with Crippen molar-refractivity contribution in [1.29, 1.82) is 0 Å². The van der Waals surface area contributed by atoms with Gasteiger partial charge in [-0.05, 0) is 68.5 Å². The third-order valence-electron chi connectivity index (χ3n) is 6.19. The maximum atomic E-state index is 6.70. The summed E-state index contributed by atoms with van der Waals surface area (Å²) in [7, 11) is 0. The van der Waals surface area contributed by atoms with Gasteiger partial charge in [-0.3, -0.25) is 0 Å². The zero-order valence-corrected chi connectivity index (χ0v) is 18.3. The first-order valence-electron chi connectivity index (χ1n) is 10.4. The minimum absolute atomic E-state index is 0.186. The van der Waals surface area contributed by atoms with Crippen LogP contribution in [0.25, 0.3) is 0 Å². The number of rotatable bonds is 9. The highest BCUT2D eigenvalue weighted by molar-refractivity contribution is 5.55. The Kier molecular flexibility index (Phi) is 6.87. The van der Waals surface area contributed by atoms with Crippen LogP contribution in [0, 0.1) is 19.3 Å². The van der Waals surface area contributed by atoms with E-state index in [0.717, 1.165) is 30.4 Å². The van der Waals surface area contributed by atoms with E-state index >= 15 is 0 Å². The zero-order chi connectivity index (χ0) is 20.9. The first-order valence-corrected chi connectivity index (χ1v) is 10.4. The molecule has 2 aromatic carbocycles. The monoisotopic (exact) mass is 384 g/mol. The van der Waals surface area contributed by atoms with E-state index in [1.165, 1.54) is 0 Å². The minimum atomic E-state index is -0.880. The van der Waals surface area contributed by atoms with Crippen molar-refractivity contribution in [3.05, 3.63) is 47.5 Å². The first-order chi connectivity index (χ1) is 13.3. The maximum absolute atomic E-state index is 6.70. The van der Waals surface area contributed by atoms with Crippen LogP contribution in [0.15, 0.2) is 36.4 Å². The van der Waals surface area contributed by atoms with E-state index < -0.39 is 5.79 Å². The molecule has 0 bridgehead atoms. The summed E-state index contributed by atoms with van der Waals surface area (Å²) in [6, 6.07) is 11.7. The Hall–Kier alpha value is -2.36. The summed E-state index contributed by atoms with van der Waals surface area (Å²) in [6.07, 6.45) is 3.44. The molecule has 0 aliphatic rings. The Morgan fingerprint density at radius 1 is 0.679 bits per heavy atom. The van der Waals surface area contributed by atoms with Crippen molar-refractivity contribution in [2.75, 3.05) is 11.5 Å².